The normalized spacial score (nSPS) is 10.7. The van der Waals surface area contributed by atoms with Crippen molar-refractivity contribution in [2.45, 2.75) is 6.92 Å². The molecule has 0 heterocycles. The molecule has 2 heteroatoms. The molecule has 0 aliphatic carbocycles. The maximum atomic E-state index is 3.56. The van der Waals surface area contributed by atoms with Gasteiger partial charge in [0.2, 0.25) is 0 Å². The molecule has 7 heavy (non-hydrogen) atoms. The van der Waals surface area contributed by atoms with Crippen LogP contribution in [-0.4, -0.2) is 13.4 Å². The van der Waals surface area contributed by atoms with Crippen LogP contribution in [0.15, 0.2) is 21.9 Å². The zero-order chi connectivity index (χ0) is 5.70. The van der Waals surface area contributed by atoms with Crippen LogP contribution in [0.5, 0.6) is 0 Å². The fourth-order valence-corrected chi connectivity index (χ4v) is 0.173. The highest BCUT2D eigenvalue weighted by atomic mass is 14.7. The molecular weight excluding hydrogens is 88.1 g/mol. The molecule has 38 valence electrons. The molecule has 0 N–H and O–H groups in total. The Morgan fingerprint density at radius 3 is 2.29 bits per heavy atom. The molecule has 0 bridgehead atoms. The van der Waals surface area contributed by atoms with E-state index in [1.54, 1.807) is 6.20 Å². The van der Waals surface area contributed by atoms with Crippen LogP contribution in [0.1, 0.15) is 6.92 Å². The van der Waals surface area contributed by atoms with E-state index in [1.165, 1.54) is 0 Å². The number of hydrogen-bond donors (Lipinski definition) is 0. The van der Waals surface area contributed by atoms with Crippen molar-refractivity contribution >= 4 is 13.4 Å². The fraction of sp³-hybridized carbons (Fsp3) is 0.200. The molecule has 0 aliphatic rings. The number of aliphatic imine (C=N–C) groups is 2. The average molecular weight is 96.1 g/mol. The molecule has 0 spiro atoms. The third-order valence-electron chi connectivity index (χ3n) is 0.528. The van der Waals surface area contributed by atoms with Gasteiger partial charge < -0.3 is 0 Å². The topological polar surface area (TPSA) is 24.7 Å². The summed E-state index contributed by atoms with van der Waals surface area (Å²) in [5, 5.41) is 0. The summed E-state index contributed by atoms with van der Waals surface area (Å²) in [5.74, 6) is 0. The zero-order valence-corrected chi connectivity index (χ0v) is 4.39. The summed E-state index contributed by atoms with van der Waals surface area (Å²) >= 11 is 0. The molecule has 2 nitrogen and oxygen atoms in total. The van der Waals surface area contributed by atoms with Crippen LogP contribution in [0.25, 0.3) is 0 Å². The zero-order valence-electron chi connectivity index (χ0n) is 4.39. The van der Waals surface area contributed by atoms with Crippen molar-refractivity contribution in [1.29, 1.82) is 0 Å². The van der Waals surface area contributed by atoms with Crippen LogP contribution in [0.2, 0.25) is 0 Å². The number of allylic oxidation sites excluding steroid dienone is 1. The van der Waals surface area contributed by atoms with E-state index >= 15 is 0 Å². The van der Waals surface area contributed by atoms with Crippen molar-refractivity contribution in [2.24, 2.45) is 9.98 Å². The maximum Gasteiger partial charge on any atom is 0.0547 e. The monoisotopic (exact) mass is 96.1 g/mol. The first-order chi connectivity index (χ1) is 3.31. The van der Waals surface area contributed by atoms with Crippen molar-refractivity contribution in [3.8, 4) is 0 Å². The summed E-state index contributed by atoms with van der Waals surface area (Å²) in [6.07, 6.45) is 1.55. The minimum Gasteiger partial charge on any atom is -0.271 e. The molecule has 0 amide bonds. The van der Waals surface area contributed by atoms with Gasteiger partial charge in [-0.15, -0.1) is 0 Å². The largest absolute Gasteiger partial charge is 0.271 e. The Bertz CT molecular complexity index is 103. The van der Waals surface area contributed by atoms with Crippen molar-refractivity contribution in [1.82, 2.24) is 0 Å². The number of hydrogen-bond acceptors (Lipinski definition) is 2. The molecule has 0 unspecified atom stereocenters. The van der Waals surface area contributed by atoms with Crippen LogP contribution in [0.4, 0.5) is 0 Å². The molecule has 0 rings (SSSR count). The summed E-state index contributed by atoms with van der Waals surface area (Å²) in [6, 6.07) is 0. The second-order valence-electron chi connectivity index (χ2n) is 1.11. The summed E-state index contributed by atoms with van der Waals surface area (Å²) in [7, 11) is 0. The number of nitrogens with zero attached hydrogens (tertiary/aromatic N) is 2. The Labute approximate surface area is 43.3 Å². The van der Waals surface area contributed by atoms with Gasteiger partial charge in [0.1, 0.15) is 0 Å². The van der Waals surface area contributed by atoms with Crippen LogP contribution < -0.4 is 0 Å². The van der Waals surface area contributed by atoms with Gasteiger partial charge in [-0.1, -0.05) is 0 Å². The van der Waals surface area contributed by atoms with Crippen molar-refractivity contribution in [3.05, 3.63) is 11.9 Å². The molecule has 0 radical (unpaired) electrons. The lowest BCUT2D eigenvalue weighted by molar-refractivity contribution is 1.29. The van der Waals surface area contributed by atoms with E-state index in [-0.39, 0.29) is 0 Å². The van der Waals surface area contributed by atoms with Gasteiger partial charge >= 0.3 is 0 Å². The Morgan fingerprint density at radius 1 is 1.57 bits per heavy atom. The van der Waals surface area contributed by atoms with Gasteiger partial charge in [-0.05, 0) is 20.4 Å². The van der Waals surface area contributed by atoms with E-state index < -0.39 is 0 Å². The van der Waals surface area contributed by atoms with Crippen LogP contribution in [0, 0.1) is 0 Å². The first-order valence-corrected chi connectivity index (χ1v) is 1.90. The highest BCUT2D eigenvalue weighted by Gasteiger charge is 1.71. The Kier molecular flexibility index (Phi) is 2.85. The van der Waals surface area contributed by atoms with E-state index in [9.17, 15) is 0 Å². The molecular formula is C5H8N2. The van der Waals surface area contributed by atoms with Gasteiger partial charge in [0.25, 0.3) is 0 Å². The lowest BCUT2D eigenvalue weighted by Crippen LogP contribution is -1.60. The van der Waals surface area contributed by atoms with E-state index in [2.05, 4.69) is 23.4 Å². The minimum atomic E-state index is 0.787. The van der Waals surface area contributed by atoms with E-state index in [1.807, 2.05) is 6.92 Å². The third kappa shape index (κ3) is 2.89. The van der Waals surface area contributed by atoms with E-state index in [4.69, 9.17) is 0 Å². The lowest BCUT2D eigenvalue weighted by Gasteiger charge is -1.79. The highest BCUT2D eigenvalue weighted by molar-refractivity contribution is 5.30. The lowest BCUT2D eigenvalue weighted by atomic mass is 10.6. The predicted octanol–water partition coefficient (Wildman–Crippen LogP) is 1.25. The van der Waals surface area contributed by atoms with Gasteiger partial charge in [0.05, 0.1) is 5.70 Å². The average Bonchev–Trinajstić information content (AvgIpc) is 1.68. The van der Waals surface area contributed by atoms with Gasteiger partial charge in [-0.2, -0.15) is 0 Å². The minimum absolute atomic E-state index is 0.787. The van der Waals surface area contributed by atoms with Gasteiger partial charge in [-0.3, -0.25) is 9.98 Å². The Morgan fingerprint density at radius 2 is 2.14 bits per heavy atom. The Balaban J connectivity index is 3.72. The van der Waals surface area contributed by atoms with Crippen LogP contribution in [0.3, 0.4) is 0 Å². The summed E-state index contributed by atoms with van der Waals surface area (Å²) in [6.45, 7) is 8.31. The summed E-state index contributed by atoms with van der Waals surface area (Å²) in [5.41, 5.74) is 0.787. The standard InChI is InChI=1S/C5H8N2/c1-5(7-3)4-6-2/h4H,2-3H2,1H3/b5-4-. The quantitative estimate of drug-likeness (QED) is 0.462. The molecule has 0 saturated heterocycles. The second kappa shape index (κ2) is 3.28. The fourth-order valence-electron chi connectivity index (χ4n) is 0.173. The predicted molar refractivity (Wildman–Crippen MR) is 32.9 cm³/mol. The maximum absolute atomic E-state index is 3.56. The highest BCUT2D eigenvalue weighted by Crippen LogP contribution is 1.89. The third-order valence-corrected chi connectivity index (χ3v) is 0.528. The summed E-state index contributed by atoms with van der Waals surface area (Å²) < 4.78 is 0. The van der Waals surface area contributed by atoms with Crippen molar-refractivity contribution in [2.75, 3.05) is 0 Å². The molecule has 0 aromatic rings. The smallest absolute Gasteiger partial charge is 0.0547 e. The first kappa shape index (κ1) is 6.08. The second-order valence-corrected chi connectivity index (χ2v) is 1.11. The first-order valence-electron chi connectivity index (χ1n) is 1.90. The van der Waals surface area contributed by atoms with Crippen molar-refractivity contribution < 1.29 is 0 Å². The van der Waals surface area contributed by atoms with Crippen LogP contribution in [-0.2, 0) is 0 Å². The van der Waals surface area contributed by atoms with Gasteiger partial charge in [-0.25, -0.2) is 0 Å². The van der Waals surface area contributed by atoms with Gasteiger partial charge in [0.15, 0.2) is 0 Å². The molecule has 0 aromatic heterocycles. The SMILES string of the molecule is C=N/C=C(/C)N=C. The molecule has 0 aliphatic heterocycles. The molecule has 0 saturated carbocycles. The molecule has 0 fully saturated rings. The van der Waals surface area contributed by atoms with E-state index in [0.29, 0.717) is 0 Å². The van der Waals surface area contributed by atoms with E-state index in [0.717, 1.165) is 5.70 Å². The molecule has 0 aromatic carbocycles. The molecule has 0 atom stereocenters. The van der Waals surface area contributed by atoms with Crippen molar-refractivity contribution in [3.63, 3.8) is 0 Å². The van der Waals surface area contributed by atoms with Gasteiger partial charge in [0, 0.05) is 6.20 Å². The number of rotatable bonds is 2. The van der Waals surface area contributed by atoms with Crippen LogP contribution >= 0.6 is 0 Å². The Hall–Kier alpha value is -0.920. The summed E-state index contributed by atoms with van der Waals surface area (Å²) in [4.78, 5) is 7.02.